The van der Waals surface area contributed by atoms with Crippen molar-refractivity contribution >= 4 is 28.5 Å². The molecule has 2 aromatic carbocycles. The van der Waals surface area contributed by atoms with Crippen LogP contribution in [0, 0.1) is 0 Å². The summed E-state index contributed by atoms with van der Waals surface area (Å²) in [4.78, 5) is 27.6. The van der Waals surface area contributed by atoms with Gasteiger partial charge >= 0.3 is 0 Å². The molecule has 1 aromatic heterocycles. The van der Waals surface area contributed by atoms with Crippen molar-refractivity contribution in [2.45, 2.75) is 26.7 Å². The lowest BCUT2D eigenvalue weighted by molar-refractivity contribution is 0.0727. The van der Waals surface area contributed by atoms with Crippen LogP contribution in [0.4, 0.5) is 5.69 Å². The van der Waals surface area contributed by atoms with Crippen LogP contribution < -0.4 is 5.32 Å². The number of para-hydroxylation sites is 1. The van der Waals surface area contributed by atoms with Crippen LogP contribution in [-0.4, -0.2) is 29.8 Å². The molecule has 0 saturated carbocycles. The van der Waals surface area contributed by atoms with E-state index in [0.29, 0.717) is 29.9 Å². The average Bonchev–Trinajstić information content (AvgIpc) is 3.06. The molecule has 0 unspecified atom stereocenters. The number of amides is 2. The zero-order valence-corrected chi connectivity index (χ0v) is 15.7. The van der Waals surface area contributed by atoms with Crippen molar-refractivity contribution in [2.75, 3.05) is 18.4 Å². The SMILES string of the molecule is CCCN(CCC)C(=O)c1oc2ccccc2c1NC(=O)c1ccccc1. The van der Waals surface area contributed by atoms with Gasteiger partial charge in [0.1, 0.15) is 11.3 Å². The molecule has 0 fully saturated rings. The van der Waals surface area contributed by atoms with Gasteiger partial charge in [-0.15, -0.1) is 0 Å². The number of hydrogen-bond donors (Lipinski definition) is 1. The molecule has 0 saturated heterocycles. The van der Waals surface area contributed by atoms with Gasteiger partial charge in [-0.25, -0.2) is 0 Å². The highest BCUT2D eigenvalue weighted by Crippen LogP contribution is 2.32. The van der Waals surface area contributed by atoms with Crippen LogP contribution >= 0.6 is 0 Å². The Morgan fingerprint density at radius 1 is 0.926 bits per heavy atom. The van der Waals surface area contributed by atoms with Gasteiger partial charge in [-0.2, -0.15) is 0 Å². The number of rotatable bonds is 7. The minimum absolute atomic E-state index is 0.183. The number of nitrogens with one attached hydrogen (secondary N) is 1. The van der Waals surface area contributed by atoms with E-state index < -0.39 is 0 Å². The summed E-state index contributed by atoms with van der Waals surface area (Å²) in [6, 6.07) is 16.3. The maximum Gasteiger partial charge on any atom is 0.291 e. The predicted octanol–water partition coefficient (Wildman–Crippen LogP) is 4.95. The van der Waals surface area contributed by atoms with E-state index in [4.69, 9.17) is 4.42 Å². The van der Waals surface area contributed by atoms with Gasteiger partial charge < -0.3 is 14.6 Å². The zero-order valence-electron chi connectivity index (χ0n) is 15.7. The lowest BCUT2D eigenvalue weighted by atomic mass is 10.1. The van der Waals surface area contributed by atoms with Gasteiger partial charge in [0, 0.05) is 24.0 Å². The summed E-state index contributed by atoms with van der Waals surface area (Å²) in [6.07, 6.45) is 1.72. The molecule has 0 spiro atoms. The minimum atomic E-state index is -0.270. The molecule has 27 heavy (non-hydrogen) atoms. The highest BCUT2D eigenvalue weighted by Gasteiger charge is 2.26. The van der Waals surface area contributed by atoms with Gasteiger partial charge in [0.15, 0.2) is 0 Å². The molecule has 3 aromatic rings. The lowest BCUT2D eigenvalue weighted by Gasteiger charge is -2.20. The quantitative estimate of drug-likeness (QED) is 0.645. The number of fused-ring (bicyclic) bond motifs is 1. The molecule has 0 aliphatic heterocycles. The van der Waals surface area contributed by atoms with Crippen molar-refractivity contribution in [3.05, 3.63) is 65.9 Å². The zero-order chi connectivity index (χ0) is 19.2. The summed E-state index contributed by atoms with van der Waals surface area (Å²) in [7, 11) is 0. The second kappa shape index (κ2) is 8.54. The monoisotopic (exact) mass is 364 g/mol. The van der Waals surface area contributed by atoms with E-state index in [2.05, 4.69) is 5.32 Å². The van der Waals surface area contributed by atoms with Gasteiger partial charge in [-0.1, -0.05) is 44.2 Å². The number of carbonyl (C=O) groups is 2. The molecule has 2 amide bonds. The Labute approximate surface area is 159 Å². The first-order valence-corrected chi connectivity index (χ1v) is 9.32. The molecule has 3 rings (SSSR count). The Morgan fingerprint density at radius 2 is 1.56 bits per heavy atom. The minimum Gasteiger partial charge on any atom is -0.449 e. The largest absolute Gasteiger partial charge is 0.449 e. The van der Waals surface area contributed by atoms with Crippen LogP contribution in [0.2, 0.25) is 0 Å². The second-order valence-electron chi connectivity index (χ2n) is 6.41. The average molecular weight is 364 g/mol. The van der Waals surface area contributed by atoms with E-state index in [1.807, 2.05) is 38.1 Å². The molecule has 140 valence electrons. The third-order valence-corrected chi connectivity index (χ3v) is 4.34. The lowest BCUT2D eigenvalue weighted by Crippen LogP contribution is -2.32. The van der Waals surface area contributed by atoms with Gasteiger partial charge in [-0.05, 0) is 37.1 Å². The van der Waals surface area contributed by atoms with Crippen LogP contribution in [0.1, 0.15) is 47.6 Å². The van der Waals surface area contributed by atoms with Crippen LogP contribution in [0.15, 0.2) is 59.0 Å². The number of furan rings is 1. The Bertz CT molecular complexity index is 925. The summed E-state index contributed by atoms with van der Waals surface area (Å²) in [5.41, 5.74) is 1.54. The third kappa shape index (κ3) is 4.03. The van der Waals surface area contributed by atoms with E-state index in [1.54, 1.807) is 35.2 Å². The molecular formula is C22H24N2O3. The fraction of sp³-hybridized carbons (Fsp3) is 0.273. The van der Waals surface area contributed by atoms with Crippen LogP contribution in [0.25, 0.3) is 11.0 Å². The maximum atomic E-state index is 13.1. The molecule has 0 aliphatic rings. The highest BCUT2D eigenvalue weighted by atomic mass is 16.3. The van der Waals surface area contributed by atoms with Crippen molar-refractivity contribution in [1.82, 2.24) is 4.90 Å². The van der Waals surface area contributed by atoms with Crippen molar-refractivity contribution in [1.29, 1.82) is 0 Å². The fourth-order valence-corrected chi connectivity index (χ4v) is 3.09. The first-order valence-electron chi connectivity index (χ1n) is 9.32. The number of benzene rings is 2. The summed E-state index contributed by atoms with van der Waals surface area (Å²) in [5.74, 6) is -0.283. The summed E-state index contributed by atoms with van der Waals surface area (Å²) in [5, 5.41) is 3.61. The van der Waals surface area contributed by atoms with E-state index >= 15 is 0 Å². The van der Waals surface area contributed by atoms with Crippen LogP contribution in [0.3, 0.4) is 0 Å². The molecule has 5 heteroatoms. The second-order valence-corrected chi connectivity index (χ2v) is 6.41. The number of anilines is 1. The summed E-state index contributed by atoms with van der Waals surface area (Å²) < 4.78 is 5.87. The third-order valence-electron chi connectivity index (χ3n) is 4.34. The Hall–Kier alpha value is -3.08. The molecule has 1 N–H and O–H groups in total. The number of carbonyl (C=O) groups excluding carboxylic acids is 2. The van der Waals surface area contributed by atoms with Gasteiger partial charge in [0.05, 0.1) is 0 Å². The standard InChI is InChI=1S/C22H24N2O3/c1-3-14-24(15-4-2)22(26)20-19(17-12-8-9-13-18(17)27-20)23-21(25)16-10-6-5-7-11-16/h5-13H,3-4,14-15H2,1-2H3,(H,23,25). The van der Waals surface area contributed by atoms with Crippen LogP contribution in [-0.2, 0) is 0 Å². The van der Waals surface area contributed by atoms with E-state index in [9.17, 15) is 9.59 Å². The molecule has 1 heterocycles. The molecule has 0 aliphatic carbocycles. The molecular weight excluding hydrogens is 340 g/mol. The molecule has 0 atom stereocenters. The Balaban J connectivity index is 2.01. The molecule has 0 bridgehead atoms. The van der Waals surface area contributed by atoms with E-state index in [-0.39, 0.29) is 17.6 Å². The van der Waals surface area contributed by atoms with E-state index in [1.165, 1.54) is 0 Å². The van der Waals surface area contributed by atoms with Gasteiger partial charge in [0.2, 0.25) is 5.76 Å². The van der Waals surface area contributed by atoms with E-state index in [0.717, 1.165) is 18.2 Å². The molecule has 0 radical (unpaired) electrons. The number of nitrogens with zero attached hydrogens (tertiary/aromatic N) is 1. The van der Waals surface area contributed by atoms with Gasteiger partial charge in [0.25, 0.3) is 11.8 Å². The van der Waals surface area contributed by atoms with Crippen molar-refractivity contribution < 1.29 is 14.0 Å². The van der Waals surface area contributed by atoms with Crippen molar-refractivity contribution in [3.63, 3.8) is 0 Å². The first kappa shape index (κ1) is 18.7. The topological polar surface area (TPSA) is 62.6 Å². The highest BCUT2D eigenvalue weighted by molar-refractivity contribution is 6.14. The van der Waals surface area contributed by atoms with Crippen molar-refractivity contribution in [3.8, 4) is 0 Å². The summed E-state index contributed by atoms with van der Waals surface area (Å²) in [6.45, 7) is 5.37. The summed E-state index contributed by atoms with van der Waals surface area (Å²) >= 11 is 0. The molecule has 5 nitrogen and oxygen atoms in total. The van der Waals surface area contributed by atoms with Gasteiger partial charge in [-0.3, -0.25) is 9.59 Å². The Kier molecular flexibility index (Phi) is 5.91. The van der Waals surface area contributed by atoms with Crippen molar-refractivity contribution in [2.24, 2.45) is 0 Å². The first-order chi connectivity index (χ1) is 13.2. The Morgan fingerprint density at radius 3 is 2.22 bits per heavy atom. The predicted molar refractivity (Wildman–Crippen MR) is 107 cm³/mol. The maximum absolute atomic E-state index is 13.1. The number of hydrogen-bond acceptors (Lipinski definition) is 3. The normalized spacial score (nSPS) is 10.7. The van der Waals surface area contributed by atoms with Crippen LogP contribution in [0.5, 0.6) is 0 Å². The fourth-order valence-electron chi connectivity index (χ4n) is 3.09. The smallest absolute Gasteiger partial charge is 0.291 e.